The molecule has 0 spiro atoms. The highest BCUT2D eigenvalue weighted by Crippen LogP contribution is 2.25. The minimum atomic E-state index is -4.40. The molecule has 0 saturated heterocycles. The Hall–Kier alpha value is -1.76. The summed E-state index contributed by atoms with van der Waals surface area (Å²) in [5, 5.41) is 8.84. The number of carboxylic acids is 1. The molecule has 0 aliphatic carbocycles. The summed E-state index contributed by atoms with van der Waals surface area (Å²) in [5.41, 5.74) is 1.14. The van der Waals surface area contributed by atoms with Crippen LogP contribution in [-0.4, -0.2) is 30.7 Å². The van der Waals surface area contributed by atoms with Gasteiger partial charge in [0.2, 0.25) is 0 Å². The van der Waals surface area contributed by atoms with Gasteiger partial charge in [0.15, 0.2) is 6.79 Å². The van der Waals surface area contributed by atoms with Gasteiger partial charge in [0.05, 0.1) is 5.56 Å². The van der Waals surface area contributed by atoms with Gasteiger partial charge in [0.1, 0.15) is 12.4 Å². The number of aromatic carboxylic acids is 1. The van der Waals surface area contributed by atoms with E-state index in [4.69, 9.17) is 9.84 Å². The minimum absolute atomic E-state index is 0.0959. The third-order valence-corrected chi connectivity index (χ3v) is 2.26. The molecule has 1 rings (SSSR count). The molecule has 0 atom stereocenters. The minimum Gasteiger partial charge on any atom is -0.478 e. The number of rotatable bonds is 5. The third-order valence-electron chi connectivity index (χ3n) is 2.26. The molecule has 1 aromatic carbocycles. The van der Waals surface area contributed by atoms with Crippen molar-refractivity contribution in [2.24, 2.45) is 0 Å². The van der Waals surface area contributed by atoms with Gasteiger partial charge >= 0.3 is 12.1 Å². The molecule has 0 unspecified atom stereocenters. The summed E-state index contributed by atoms with van der Waals surface area (Å²) < 4.78 is 44.9. The molecule has 0 saturated carbocycles. The van der Waals surface area contributed by atoms with Crippen LogP contribution in [0.1, 0.15) is 21.5 Å². The van der Waals surface area contributed by atoms with Crippen molar-refractivity contribution in [2.75, 3.05) is 13.4 Å². The Morgan fingerprint density at radius 2 is 1.79 bits per heavy atom. The highest BCUT2D eigenvalue weighted by Gasteiger charge is 2.27. The van der Waals surface area contributed by atoms with E-state index in [-0.39, 0.29) is 5.56 Å². The van der Waals surface area contributed by atoms with Crippen LogP contribution in [0.5, 0.6) is 5.75 Å². The topological polar surface area (TPSA) is 55.8 Å². The number of carboxylic acid groups (broad SMARTS) is 1. The first kappa shape index (κ1) is 15.3. The quantitative estimate of drug-likeness (QED) is 0.664. The maximum atomic E-state index is 11.8. The van der Waals surface area contributed by atoms with Crippen molar-refractivity contribution in [1.82, 2.24) is 0 Å². The molecule has 1 N–H and O–H groups in total. The van der Waals surface area contributed by atoms with Crippen LogP contribution in [0.2, 0.25) is 0 Å². The smallest absolute Gasteiger partial charge is 0.411 e. The van der Waals surface area contributed by atoms with Crippen LogP contribution in [0.15, 0.2) is 12.1 Å². The summed E-state index contributed by atoms with van der Waals surface area (Å²) in [6.45, 7) is 1.28. The second-order valence-electron chi connectivity index (χ2n) is 3.97. The number of benzene rings is 1. The first-order valence-corrected chi connectivity index (χ1v) is 5.32. The molecular formula is C12H13F3O4. The van der Waals surface area contributed by atoms with E-state index in [1.807, 2.05) is 0 Å². The molecule has 19 heavy (non-hydrogen) atoms. The first-order chi connectivity index (χ1) is 8.70. The van der Waals surface area contributed by atoms with Crippen molar-refractivity contribution in [3.63, 3.8) is 0 Å². The van der Waals surface area contributed by atoms with Crippen LogP contribution in [0.25, 0.3) is 0 Å². The van der Waals surface area contributed by atoms with Crippen LogP contribution < -0.4 is 4.74 Å². The van der Waals surface area contributed by atoms with Gasteiger partial charge in [-0.3, -0.25) is 0 Å². The Morgan fingerprint density at radius 1 is 1.26 bits per heavy atom. The zero-order chi connectivity index (χ0) is 14.6. The lowest BCUT2D eigenvalue weighted by Gasteiger charge is -2.13. The second-order valence-corrected chi connectivity index (χ2v) is 3.97. The maximum absolute atomic E-state index is 11.8. The van der Waals surface area contributed by atoms with E-state index in [1.165, 1.54) is 12.1 Å². The lowest BCUT2D eigenvalue weighted by molar-refractivity contribution is -0.186. The van der Waals surface area contributed by atoms with Gasteiger partial charge in [-0.2, -0.15) is 13.2 Å². The van der Waals surface area contributed by atoms with Crippen molar-refractivity contribution in [3.8, 4) is 5.75 Å². The van der Waals surface area contributed by atoms with Gasteiger partial charge in [0.25, 0.3) is 0 Å². The number of carbonyl (C=O) groups is 1. The van der Waals surface area contributed by atoms with Crippen molar-refractivity contribution in [2.45, 2.75) is 20.0 Å². The van der Waals surface area contributed by atoms with E-state index in [9.17, 15) is 18.0 Å². The molecule has 106 valence electrons. The molecule has 1 aromatic rings. The monoisotopic (exact) mass is 278 g/mol. The molecule has 0 amide bonds. The molecule has 0 aliphatic rings. The largest absolute Gasteiger partial charge is 0.478 e. The molecule has 0 fully saturated rings. The van der Waals surface area contributed by atoms with E-state index in [0.717, 1.165) is 0 Å². The molecular weight excluding hydrogens is 265 g/mol. The third kappa shape index (κ3) is 4.78. The predicted molar refractivity (Wildman–Crippen MR) is 60.4 cm³/mol. The number of alkyl halides is 3. The average molecular weight is 278 g/mol. The van der Waals surface area contributed by atoms with Crippen molar-refractivity contribution in [1.29, 1.82) is 0 Å². The second kappa shape index (κ2) is 5.92. The Balaban J connectivity index is 2.67. The SMILES string of the molecule is Cc1cc(C(=O)O)cc(C)c1OCOCC(F)(F)F. The van der Waals surface area contributed by atoms with Gasteiger partial charge < -0.3 is 14.6 Å². The molecule has 0 heterocycles. The first-order valence-electron chi connectivity index (χ1n) is 5.32. The summed E-state index contributed by atoms with van der Waals surface area (Å²) in [6, 6.07) is 2.77. The number of hydrogen-bond acceptors (Lipinski definition) is 3. The highest BCUT2D eigenvalue weighted by atomic mass is 19.4. The van der Waals surface area contributed by atoms with E-state index in [1.54, 1.807) is 13.8 Å². The van der Waals surface area contributed by atoms with Gasteiger partial charge in [-0.15, -0.1) is 0 Å². The zero-order valence-corrected chi connectivity index (χ0v) is 10.4. The predicted octanol–water partition coefficient (Wildman–Crippen LogP) is 2.92. The molecule has 0 aromatic heterocycles. The van der Waals surface area contributed by atoms with Gasteiger partial charge in [-0.05, 0) is 37.1 Å². The Morgan fingerprint density at radius 3 is 2.21 bits per heavy atom. The zero-order valence-electron chi connectivity index (χ0n) is 10.4. The Kier molecular flexibility index (Phi) is 4.77. The standard InChI is InChI=1S/C12H13F3O4/c1-7-3-9(11(16)17)4-8(2)10(7)19-6-18-5-12(13,14)15/h3-4H,5-6H2,1-2H3,(H,16,17). The summed E-state index contributed by atoms with van der Waals surface area (Å²) in [6.07, 6.45) is -4.40. The van der Waals surface area contributed by atoms with Crippen LogP contribution >= 0.6 is 0 Å². The van der Waals surface area contributed by atoms with Gasteiger partial charge in [0, 0.05) is 0 Å². The summed E-state index contributed by atoms with van der Waals surface area (Å²) in [4.78, 5) is 10.8. The summed E-state index contributed by atoms with van der Waals surface area (Å²) >= 11 is 0. The normalized spacial score (nSPS) is 11.4. The van der Waals surface area contributed by atoms with E-state index >= 15 is 0 Å². The lowest BCUT2D eigenvalue weighted by Crippen LogP contribution is -2.19. The van der Waals surface area contributed by atoms with Gasteiger partial charge in [-0.25, -0.2) is 4.79 Å². The van der Waals surface area contributed by atoms with Crippen LogP contribution in [0.4, 0.5) is 13.2 Å². The van der Waals surface area contributed by atoms with Crippen LogP contribution in [0, 0.1) is 13.8 Å². The van der Waals surface area contributed by atoms with E-state index in [2.05, 4.69) is 4.74 Å². The van der Waals surface area contributed by atoms with Crippen molar-refractivity contribution < 1.29 is 32.5 Å². The van der Waals surface area contributed by atoms with Crippen molar-refractivity contribution in [3.05, 3.63) is 28.8 Å². The van der Waals surface area contributed by atoms with Crippen LogP contribution in [0.3, 0.4) is 0 Å². The number of aryl methyl sites for hydroxylation is 2. The molecule has 0 aliphatic heterocycles. The summed E-state index contributed by atoms with van der Waals surface area (Å²) in [5.74, 6) is -0.752. The Bertz CT molecular complexity index is 446. The van der Waals surface area contributed by atoms with Crippen molar-refractivity contribution >= 4 is 5.97 Å². The van der Waals surface area contributed by atoms with E-state index < -0.39 is 25.5 Å². The maximum Gasteiger partial charge on any atom is 0.411 e. The summed E-state index contributed by atoms with van der Waals surface area (Å²) in [7, 11) is 0. The number of halogens is 3. The molecule has 0 bridgehead atoms. The fourth-order valence-electron chi connectivity index (χ4n) is 1.56. The number of hydrogen-bond donors (Lipinski definition) is 1. The molecule has 7 heteroatoms. The van der Waals surface area contributed by atoms with E-state index in [0.29, 0.717) is 16.9 Å². The Labute approximate surface area is 107 Å². The number of ether oxygens (including phenoxy) is 2. The lowest BCUT2D eigenvalue weighted by atomic mass is 10.1. The molecule has 0 radical (unpaired) electrons. The highest BCUT2D eigenvalue weighted by molar-refractivity contribution is 5.88. The fourth-order valence-corrected chi connectivity index (χ4v) is 1.56. The molecule has 4 nitrogen and oxygen atoms in total. The average Bonchev–Trinajstić information content (AvgIpc) is 2.25. The van der Waals surface area contributed by atoms with Gasteiger partial charge in [-0.1, -0.05) is 0 Å². The van der Waals surface area contributed by atoms with Crippen LogP contribution in [-0.2, 0) is 4.74 Å². The fraction of sp³-hybridized carbons (Fsp3) is 0.417.